The molecule has 0 atom stereocenters. The van der Waals surface area contributed by atoms with E-state index in [0.29, 0.717) is 42.6 Å². The van der Waals surface area contributed by atoms with Gasteiger partial charge in [0, 0.05) is 31.8 Å². The molecule has 0 aliphatic carbocycles. The number of halogens is 2. The molecule has 142 valence electrons. The van der Waals surface area contributed by atoms with E-state index in [1.165, 1.54) is 0 Å². The Kier molecular flexibility index (Phi) is 10.7. The Labute approximate surface area is 165 Å². The molecule has 2 aromatic rings. The van der Waals surface area contributed by atoms with Crippen molar-refractivity contribution in [1.82, 2.24) is 10.6 Å². The van der Waals surface area contributed by atoms with E-state index in [1.54, 1.807) is 19.2 Å². The van der Waals surface area contributed by atoms with Crippen LogP contribution in [-0.4, -0.2) is 39.3 Å². The standard InChI is InChI=1S/C19H23ClN2O3.ClH/c1-24-13-12-21-10-11-22-19(23)17-4-2-3-5-18(17)25-14-15-6-8-16(20)9-7-15;/h2-9,21H,10-14H2,1H3,(H,22,23);1H. The first kappa shape index (κ1) is 22.3. The zero-order chi connectivity index (χ0) is 17.9. The highest BCUT2D eigenvalue weighted by Crippen LogP contribution is 2.20. The Morgan fingerprint density at radius 3 is 2.50 bits per heavy atom. The van der Waals surface area contributed by atoms with Gasteiger partial charge in [-0.25, -0.2) is 0 Å². The van der Waals surface area contributed by atoms with Crippen molar-refractivity contribution >= 4 is 29.9 Å². The smallest absolute Gasteiger partial charge is 0.255 e. The predicted octanol–water partition coefficient (Wildman–Crippen LogP) is 3.31. The maximum absolute atomic E-state index is 12.3. The van der Waals surface area contributed by atoms with E-state index < -0.39 is 0 Å². The number of rotatable bonds is 10. The third-order valence-corrected chi connectivity index (χ3v) is 3.76. The van der Waals surface area contributed by atoms with Crippen molar-refractivity contribution < 1.29 is 14.3 Å². The first-order valence-electron chi connectivity index (χ1n) is 8.15. The van der Waals surface area contributed by atoms with Crippen molar-refractivity contribution in [3.8, 4) is 5.75 Å². The van der Waals surface area contributed by atoms with Crippen molar-refractivity contribution in [2.45, 2.75) is 6.61 Å². The summed E-state index contributed by atoms with van der Waals surface area (Å²) in [5.41, 5.74) is 1.51. The van der Waals surface area contributed by atoms with Gasteiger partial charge in [-0.1, -0.05) is 35.9 Å². The minimum absolute atomic E-state index is 0. The summed E-state index contributed by atoms with van der Waals surface area (Å²) in [6, 6.07) is 14.6. The molecule has 0 saturated heterocycles. The summed E-state index contributed by atoms with van der Waals surface area (Å²) >= 11 is 5.88. The molecule has 5 nitrogen and oxygen atoms in total. The summed E-state index contributed by atoms with van der Waals surface area (Å²) in [6.45, 7) is 3.00. The molecular formula is C19H24Cl2N2O3. The van der Waals surface area contributed by atoms with E-state index in [-0.39, 0.29) is 18.3 Å². The van der Waals surface area contributed by atoms with Gasteiger partial charge in [-0.3, -0.25) is 4.79 Å². The number of benzene rings is 2. The molecule has 2 aromatic carbocycles. The van der Waals surface area contributed by atoms with Gasteiger partial charge in [0.1, 0.15) is 12.4 Å². The number of carbonyl (C=O) groups excluding carboxylic acids is 1. The summed E-state index contributed by atoms with van der Waals surface area (Å²) in [4.78, 5) is 12.3. The zero-order valence-corrected chi connectivity index (χ0v) is 16.2. The Bertz CT molecular complexity index is 666. The summed E-state index contributed by atoms with van der Waals surface area (Å²) in [6.07, 6.45) is 0. The largest absolute Gasteiger partial charge is 0.488 e. The van der Waals surface area contributed by atoms with Crippen molar-refractivity contribution in [3.63, 3.8) is 0 Å². The first-order valence-corrected chi connectivity index (χ1v) is 8.52. The fourth-order valence-electron chi connectivity index (χ4n) is 2.18. The normalized spacial score (nSPS) is 10.1. The number of para-hydroxylation sites is 1. The molecule has 0 bridgehead atoms. The number of methoxy groups -OCH3 is 1. The lowest BCUT2D eigenvalue weighted by atomic mass is 10.2. The minimum atomic E-state index is -0.153. The molecule has 26 heavy (non-hydrogen) atoms. The van der Waals surface area contributed by atoms with Gasteiger partial charge in [-0.05, 0) is 29.8 Å². The number of ether oxygens (including phenoxy) is 2. The van der Waals surface area contributed by atoms with Crippen LogP contribution in [0.2, 0.25) is 5.02 Å². The molecule has 0 heterocycles. The average molecular weight is 399 g/mol. The number of hydrogen-bond donors (Lipinski definition) is 2. The number of amides is 1. The third-order valence-electron chi connectivity index (χ3n) is 3.51. The van der Waals surface area contributed by atoms with E-state index in [2.05, 4.69) is 10.6 Å². The van der Waals surface area contributed by atoms with Crippen LogP contribution >= 0.6 is 24.0 Å². The van der Waals surface area contributed by atoms with Crippen molar-refractivity contribution in [2.24, 2.45) is 0 Å². The van der Waals surface area contributed by atoms with Crippen LogP contribution in [-0.2, 0) is 11.3 Å². The first-order chi connectivity index (χ1) is 12.2. The quantitative estimate of drug-likeness (QED) is 0.602. The molecule has 0 fully saturated rings. The second-order valence-electron chi connectivity index (χ2n) is 5.41. The van der Waals surface area contributed by atoms with Crippen LogP contribution in [0.15, 0.2) is 48.5 Å². The molecule has 0 unspecified atom stereocenters. The highest BCUT2D eigenvalue weighted by molar-refractivity contribution is 6.30. The maximum atomic E-state index is 12.3. The fraction of sp³-hybridized carbons (Fsp3) is 0.316. The van der Waals surface area contributed by atoms with Gasteiger partial charge in [0.2, 0.25) is 0 Å². The second-order valence-corrected chi connectivity index (χ2v) is 5.85. The molecule has 0 aliphatic rings. The lowest BCUT2D eigenvalue weighted by Crippen LogP contribution is -2.33. The Morgan fingerprint density at radius 1 is 1.04 bits per heavy atom. The van der Waals surface area contributed by atoms with Gasteiger partial charge in [0.25, 0.3) is 5.91 Å². The van der Waals surface area contributed by atoms with Gasteiger partial charge in [-0.15, -0.1) is 12.4 Å². The molecule has 0 radical (unpaired) electrons. The minimum Gasteiger partial charge on any atom is -0.488 e. The summed E-state index contributed by atoms with van der Waals surface area (Å²) in [7, 11) is 1.66. The van der Waals surface area contributed by atoms with Gasteiger partial charge < -0.3 is 20.1 Å². The van der Waals surface area contributed by atoms with Gasteiger partial charge in [0.05, 0.1) is 12.2 Å². The fourth-order valence-corrected chi connectivity index (χ4v) is 2.31. The van der Waals surface area contributed by atoms with Crippen molar-refractivity contribution in [1.29, 1.82) is 0 Å². The number of hydrogen-bond acceptors (Lipinski definition) is 4. The van der Waals surface area contributed by atoms with Crippen LogP contribution in [0.4, 0.5) is 0 Å². The van der Waals surface area contributed by atoms with Gasteiger partial charge in [0.15, 0.2) is 0 Å². The topological polar surface area (TPSA) is 59.6 Å². The van der Waals surface area contributed by atoms with E-state index in [0.717, 1.165) is 12.1 Å². The van der Waals surface area contributed by atoms with Gasteiger partial charge in [-0.2, -0.15) is 0 Å². The Hall–Kier alpha value is -1.79. The number of nitrogens with one attached hydrogen (secondary N) is 2. The average Bonchev–Trinajstić information content (AvgIpc) is 2.64. The van der Waals surface area contributed by atoms with Crippen LogP contribution in [0.5, 0.6) is 5.75 Å². The van der Waals surface area contributed by atoms with Crippen LogP contribution in [0.1, 0.15) is 15.9 Å². The second kappa shape index (κ2) is 12.5. The lowest BCUT2D eigenvalue weighted by molar-refractivity contribution is 0.0949. The monoisotopic (exact) mass is 398 g/mol. The summed E-state index contributed by atoms with van der Waals surface area (Å²) in [5.74, 6) is 0.405. The predicted molar refractivity (Wildman–Crippen MR) is 107 cm³/mol. The molecule has 7 heteroatoms. The molecule has 0 saturated carbocycles. The Balaban J connectivity index is 0.00000338. The summed E-state index contributed by atoms with van der Waals surface area (Å²) in [5, 5.41) is 6.74. The molecule has 0 spiro atoms. The SMILES string of the molecule is COCCNCCNC(=O)c1ccccc1OCc1ccc(Cl)cc1.Cl. The van der Waals surface area contributed by atoms with E-state index in [1.807, 2.05) is 36.4 Å². The van der Waals surface area contributed by atoms with Crippen LogP contribution in [0.3, 0.4) is 0 Å². The van der Waals surface area contributed by atoms with Crippen LogP contribution in [0, 0.1) is 0 Å². The van der Waals surface area contributed by atoms with E-state index >= 15 is 0 Å². The molecule has 0 aliphatic heterocycles. The molecule has 2 N–H and O–H groups in total. The Morgan fingerprint density at radius 2 is 1.77 bits per heavy atom. The van der Waals surface area contributed by atoms with Crippen LogP contribution in [0.25, 0.3) is 0 Å². The number of carbonyl (C=O) groups is 1. The maximum Gasteiger partial charge on any atom is 0.255 e. The zero-order valence-electron chi connectivity index (χ0n) is 14.7. The lowest BCUT2D eigenvalue weighted by Gasteiger charge is -2.12. The van der Waals surface area contributed by atoms with Gasteiger partial charge >= 0.3 is 0 Å². The van der Waals surface area contributed by atoms with Crippen LogP contribution < -0.4 is 15.4 Å². The van der Waals surface area contributed by atoms with Crippen molar-refractivity contribution in [2.75, 3.05) is 33.4 Å². The van der Waals surface area contributed by atoms with E-state index in [4.69, 9.17) is 21.1 Å². The highest BCUT2D eigenvalue weighted by Gasteiger charge is 2.11. The molecular weight excluding hydrogens is 375 g/mol. The van der Waals surface area contributed by atoms with Crippen molar-refractivity contribution in [3.05, 3.63) is 64.7 Å². The molecule has 0 aromatic heterocycles. The third kappa shape index (κ3) is 7.62. The molecule has 2 rings (SSSR count). The van der Waals surface area contributed by atoms with E-state index in [9.17, 15) is 4.79 Å². The summed E-state index contributed by atoms with van der Waals surface area (Å²) < 4.78 is 10.8. The highest BCUT2D eigenvalue weighted by atomic mass is 35.5. The molecule has 1 amide bonds.